The normalized spacial score (nSPS) is 10.7. The number of hydrogen-bond donors (Lipinski definition) is 2. The zero-order chi connectivity index (χ0) is 14.5. The van der Waals surface area contributed by atoms with Crippen molar-refractivity contribution in [1.82, 2.24) is 0 Å². The van der Waals surface area contributed by atoms with Crippen molar-refractivity contribution in [2.24, 2.45) is 0 Å². The average Bonchev–Trinajstić information content (AvgIpc) is 2.43. The van der Waals surface area contributed by atoms with Crippen LogP contribution in [0.1, 0.15) is 11.1 Å². The lowest BCUT2D eigenvalue weighted by molar-refractivity contribution is -0.111. The maximum Gasteiger partial charge on any atom is 0.248 e. The molecule has 20 heavy (non-hydrogen) atoms. The number of rotatable bonds is 3. The predicted octanol–water partition coefficient (Wildman–Crippen LogP) is 3.37. The summed E-state index contributed by atoms with van der Waals surface area (Å²) < 4.78 is 13.3. The van der Waals surface area contributed by atoms with E-state index in [0.717, 1.165) is 5.56 Å². The van der Waals surface area contributed by atoms with Crippen molar-refractivity contribution < 1.29 is 9.18 Å². The molecule has 0 aliphatic carbocycles. The molecule has 0 fully saturated rings. The number of nitrogen functional groups attached to an aromatic ring is 1. The van der Waals surface area contributed by atoms with Gasteiger partial charge < -0.3 is 11.1 Å². The topological polar surface area (TPSA) is 55.1 Å². The summed E-state index contributed by atoms with van der Waals surface area (Å²) in [6.07, 6.45) is 3.07. The number of amides is 1. The fraction of sp³-hybridized carbons (Fsp3) is 0.0625. The van der Waals surface area contributed by atoms with Gasteiger partial charge in [-0.05, 0) is 42.8 Å². The molecule has 0 aromatic heterocycles. The minimum absolute atomic E-state index is 0.310. The van der Waals surface area contributed by atoms with Crippen LogP contribution in [0.25, 0.3) is 6.08 Å². The van der Waals surface area contributed by atoms with E-state index >= 15 is 0 Å². The van der Waals surface area contributed by atoms with Gasteiger partial charge in [-0.25, -0.2) is 4.39 Å². The monoisotopic (exact) mass is 270 g/mol. The van der Waals surface area contributed by atoms with E-state index in [4.69, 9.17) is 5.73 Å². The van der Waals surface area contributed by atoms with E-state index in [1.165, 1.54) is 12.1 Å². The lowest BCUT2D eigenvalue weighted by Crippen LogP contribution is -2.09. The lowest BCUT2D eigenvalue weighted by atomic mass is 10.2. The summed E-state index contributed by atoms with van der Waals surface area (Å²) in [6, 6.07) is 11.7. The van der Waals surface area contributed by atoms with Gasteiger partial charge >= 0.3 is 0 Å². The molecule has 0 saturated heterocycles. The molecule has 3 N–H and O–H groups in total. The number of anilines is 2. The Hall–Kier alpha value is -2.62. The van der Waals surface area contributed by atoms with Crippen molar-refractivity contribution in [1.29, 1.82) is 0 Å². The molecule has 0 atom stereocenters. The van der Waals surface area contributed by atoms with Crippen LogP contribution in [-0.4, -0.2) is 5.91 Å². The lowest BCUT2D eigenvalue weighted by Gasteiger charge is -2.06. The molecule has 0 radical (unpaired) electrons. The molecule has 102 valence electrons. The smallest absolute Gasteiger partial charge is 0.248 e. The molecular weight excluding hydrogens is 255 g/mol. The van der Waals surface area contributed by atoms with Crippen molar-refractivity contribution >= 4 is 23.4 Å². The van der Waals surface area contributed by atoms with E-state index in [9.17, 15) is 9.18 Å². The summed E-state index contributed by atoms with van der Waals surface area (Å²) in [7, 11) is 0. The molecule has 1 amide bonds. The molecule has 0 aliphatic heterocycles. The second kappa shape index (κ2) is 6.02. The largest absolute Gasteiger partial charge is 0.399 e. The summed E-state index contributed by atoms with van der Waals surface area (Å²) >= 11 is 0. The number of benzene rings is 2. The van der Waals surface area contributed by atoms with Crippen LogP contribution in [0.5, 0.6) is 0 Å². The Morgan fingerprint density at radius 3 is 2.60 bits per heavy atom. The summed E-state index contributed by atoms with van der Waals surface area (Å²) in [5.41, 5.74) is 8.00. The molecule has 2 aromatic carbocycles. The van der Waals surface area contributed by atoms with E-state index in [1.54, 1.807) is 37.3 Å². The fourth-order valence-corrected chi connectivity index (χ4v) is 1.70. The second-order valence-corrected chi connectivity index (χ2v) is 4.40. The third kappa shape index (κ3) is 3.45. The number of halogens is 1. The Kier molecular flexibility index (Phi) is 4.15. The van der Waals surface area contributed by atoms with E-state index in [2.05, 4.69) is 5.32 Å². The summed E-state index contributed by atoms with van der Waals surface area (Å²) in [4.78, 5) is 11.8. The van der Waals surface area contributed by atoms with Crippen molar-refractivity contribution in [3.05, 3.63) is 65.5 Å². The van der Waals surface area contributed by atoms with Gasteiger partial charge in [0.1, 0.15) is 5.82 Å². The van der Waals surface area contributed by atoms with E-state index in [-0.39, 0.29) is 11.7 Å². The highest BCUT2D eigenvalue weighted by Crippen LogP contribution is 2.17. The SMILES string of the molecule is Cc1c(F)cccc1NC(=O)/C=C/c1ccc(N)cc1. The Bertz CT molecular complexity index is 648. The number of carbonyl (C=O) groups is 1. The molecule has 0 saturated carbocycles. The molecule has 0 spiro atoms. The fourth-order valence-electron chi connectivity index (χ4n) is 1.70. The van der Waals surface area contributed by atoms with Crippen LogP contribution in [0.15, 0.2) is 48.5 Å². The highest BCUT2D eigenvalue weighted by Gasteiger charge is 2.05. The third-order valence-corrected chi connectivity index (χ3v) is 2.89. The number of carbonyl (C=O) groups excluding carboxylic acids is 1. The number of nitrogens with two attached hydrogens (primary N) is 1. The first-order valence-corrected chi connectivity index (χ1v) is 6.16. The highest BCUT2D eigenvalue weighted by molar-refractivity contribution is 6.02. The van der Waals surface area contributed by atoms with E-state index in [0.29, 0.717) is 16.9 Å². The van der Waals surface area contributed by atoms with Crippen molar-refractivity contribution in [2.75, 3.05) is 11.1 Å². The maximum absolute atomic E-state index is 13.3. The highest BCUT2D eigenvalue weighted by atomic mass is 19.1. The average molecular weight is 270 g/mol. The zero-order valence-electron chi connectivity index (χ0n) is 11.1. The quantitative estimate of drug-likeness (QED) is 0.663. The van der Waals surface area contributed by atoms with Gasteiger partial charge in [-0.15, -0.1) is 0 Å². The van der Waals surface area contributed by atoms with Gasteiger partial charge in [-0.1, -0.05) is 18.2 Å². The molecule has 2 rings (SSSR count). The van der Waals surface area contributed by atoms with Crippen LogP contribution in [-0.2, 0) is 4.79 Å². The first-order chi connectivity index (χ1) is 9.56. The van der Waals surface area contributed by atoms with Gasteiger partial charge in [0.2, 0.25) is 5.91 Å². The molecular formula is C16H15FN2O. The molecule has 0 unspecified atom stereocenters. The zero-order valence-corrected chi connectivity index (χ0v) is 11.1. The first kappa shape index (κ1) is 13.8. The predicted molar refractivity (Wildman–Crippen MR) is 79.7 cm³/mol. The standard InChI is InChI=1S/C16H15FN2O/c1-11-14(17)3-2-4-15(11)19-16(20)10-7-12-5-8-13(18)9-6-12/h2-10H,18H2,1H3,(H,19,20)/b10-7+. The van der Waals surface area contributed by atoms with Crippen molar-refractivity contribution in [3.8, 4) is 0 Å². The molecule has 2 aromatic rings. The minimum Gasteiger partial charge on any atom is -0.399 e. The van der Waals surface area contributed by atoms with Crippen molar-refractivity contribution in [2.45, 2.75) is 6.92 Å². The van der Waals surface area contributed by atoms with Gasteiger partial charge in [-0.3, -0.25) is 4.79 Å². The molecule has 3 nitrogen and oxygen atoms in total. The summed E-state index contributed by atoms with van der Waals surface area (Å²) in [5.74, 6) is -0.652. The second-order valence-electron chi connectivity index (χ2n) is 4.40. The maximum atomic E-state index is 13.3. The molecule has 4 heteroatoms. The summed E-state index contributed by atoms with van der Waals surface area (Å²) in [6.45, 7) is 1.62. The van der Waals surface area contributed by atoms with Crippen LogP contribution >= 0.6 is 0 Å². The van der Waals surface area contributed by atoms with E-state index in [1.807, 2.05) is 12.1 Å². The number of nitrogens with one attached hydrogen (secondary N) is 1. The molecule has 0 aliphatic rings. The van der Waals surface area contributed by atoms with Gasteiger partial charge in [0.05, 0.1) is 0 Å². The third-order valence-electron chi connectivity index (χ3n) is 2.89. The van der Waals surface area contributed by atoms with Crippen LogP contribution in [0.2, 0.25) is 0 Å². The van der Waals surface area contributed by atoms with Crippen LogP contribution in [0.4, 0.5) is 15.8 Å². The van der Waals surface area contributed by atoms with Gasteiger partial charge in [0.15, 0.2) is 0 Å². The minimum atomic E-state index is -0.342. The van der Waals surface area contributed by atoms with Crippen LogP contribution in [0.3, 0.4) is 0 Å². The molecule has 0 bridgehead atoms. The molecule has 0 heterocycles. The Morgan fingerprint density at radius 1 is 1.20 bits per heavy atom. The van der Waals surface area contributed by atoms with Crippen molar-refractivity contribution in [3.63, 3.8) is 0 Å². The Balaban J connectivity index is 2.05. The van der Waals surface area contributed by atoms with Crippen LogP contribution < -0.4 is 11.1 Å². The Labute approximate surface area is 116 Å². The number of hydrogen-bond acceptors (Lipinski definition) is 2. The van der Waals surface area contributed by atoms with E-state index < -0.39 is 0 Å². The van der Waals surface area contributed by atoms with Gasteiger partial charge in [-0.2, -0.15) is 0 Å². The van der Waals surface area contributed by atoms with Gasteiger partial charge in [0.25, 0.3) is 0 Å². The van der Waals surface area contributed by atoms with Crippen LogP contribution in [0, 0.1) is 12.7 Å². The Morgan fingerprint density at radius 2 is 1.90 bits per heavy atom. The first-order valence-electron chi connectivity index (χ1n) is 6.16. The summed E-state index contributed by atoms with van der Waals surface area (Å²) in [5, 5.41) is 2.64. The van der Waals surface area contributed by atoms with Gasteiger partial charge in [0, 0.05) is 23.0 Å².